The zero-order valence-corrected chi connectivity index (χ0v) is 23.5. The Bertz CT molecular complexity index is 407. The molecule has 0 spiro atoms. The first-order valence-corrected chi connectivity index (χ1v) is 14.4. The summed E-state index contributed by atoms with van der Waals surface area (Å²) in [7, 11) is 0. The highest BCUT2D eigenvalue weighted by Gasteiger charge is 2.42. The Morgan fingerprint density at radius 2 is 1.23 bits per heavy atom. The molecule has 186 valence electrons. The number of rotatable bonds is 18. The molecule has 1 aliphatic carbocycles. The maximum atomic E-state index is 6.30. The molecular formula is C28H55BrO2. The van der Waals surface area contributed by atoms with Crippen molar-refractivity contribution in [3.63, 3.8) is 0 Å². The lowest BCUT2D eigenvalue weighted by Gasteiger charge is -2.44. The van der Waals surface area contributed by atoms with Crippen LogP contribution in [0.25, 0.3) is 0 Å². The van der Waals surface area contributed by atoms with Gasteiger partial charge in [-0.15, -0.1) is 0 Å². The van der Waals surface area contributed by atoms with Crippen LogP contribution in [0.15, 0.2) is 0 Å². The SMILES string of the molecule is CCCOCC(CCC(Br)(CCC(C)C)CCC(C)C)(COCCC)C1CCCCC1. The van der Waals surface area contributed by atoms with Gasteiger partial charge in [0.1, 0.15) is 0 Å². The van der Waals surface area contributed by atoms with Gasteiger partial charge in [0, 0.05) is 23.0 Å². The van der Waals surface area contributed by atoms with Crippen LogP contribution in [-0.4, -0.2) is 30.8 Å². The van der Waals surface area contributed by atoms with Gasteiger partial charge in [-0.2, -0.15) is 0 Å². The lowest BCUT2D eigenvalue weighted by atomic mass is 9.66. The van der Waals surface area contributed by atoms with Crippen LogP contribution in [0.3, 0.4) is 0 Å². The minimum Gasteiger partial charge on any atom is -0.381 e. The zero-order chi connectivity index (χ0) is 23.2. The third kappa shape index (κ3) is 11.9. The van der Waals surface area contributed by atoms with Crippen LogP contribution in [0.2, 0.25) is 0 Å². The monoisotopic (exact) mass is 502 g/mol. The Morgan fingerprint density at radius 3 is 1.65 bits per heavy atom. The average Bonchev–Trinajstić information content (AvgIpc) is 2.75. The van der Waals surface area contributed by atoms with Crippen molar-refractivity contribution in [1.29, 1.82) is 0 Å². The van der Waals surface area contributed by atoms with Crippen LogP contribution in [0.5, 0.6) is 0 Å². The molecule has 2 nitrogen and oxygen atoms in total. The molecular weight excluding hydrogens is 448 g/mol. The van der Waals surface area contributed by atoms with E-state index < -0.39 is 0 Å². The number of hydrogen-bond donors (Lipinski definition) is 0. The Morgan fingerprint density at radius 1 is 0.742 bits per heavy atom. The number of hydrogen-bond acceptors (Lipinski definition) is 2. The summed E-state index contributed by atoms with van der Waals surface area (Å²) in [5.74, 6) is 2.28. The van der Waals surface area contributed by atoms with Gasteiger partial charge >= 0.3 is 0 Å². The fraction of sp³-hybridized carbons (Fsp3) is 1.00. The molecule has 1 saturated carbocycles. The topological polar surface area (TPSA) is 18.5 Å². The minimum atomic E-state index is 0.180. The van der Waals surface area contributed by atoms with Gasteiger partial charge in [0.15, 0.2) is 0 Å². The highest BCUT2D eigenvalue weighted by Crippen LogP contribution is 2.47. The Hall–Kier alpha value is 0.400. The number of ether oxygens (including phenoxy) is 2. The van der Waals surface area contributed by atoms with E-state index in [1.54, 1.807) is 0 Å². The largest absolute Gasteiger partial charge is 0.381 e. The van der Waals surface area contributed by atoms with Gasteiger partial charge < -0.3 is 9.47 Å². The molecule has 31 heavy (non-hydrogen) atoms. The van der Waals surface area contributed by atoms with Gasteiger partial charge in [-0.25, -0.2) is 0 Å². The second kappa shape index (κ2) is 16.1. The summed E-state index contributed by atoms with van der Waals surface area (Å²) < 4.78 is 12.9. The Labute approximate surface area is 204 Å². The van der Waals surface area contributed by atoms with E-state index in [9.17, 15) is 0 Å². The van der Waals surface area contributed by atoms with Gasteiger partial charge in [-0.1, -0.05) is 76.7 Å². The minimum absolute atomic E-state index is 0.180. The maximum absolute atomic E-state index is 6.30. The van der Waals surface area contributed by atoms with Crippen molar-refractivity contribution in [2.24, 2.45) is 23.2 Å². The molecule has 0 atom stereocenters. The molecule has 3 heteroatoms. The van der Waals surface area contributed by atoms with Crippen molar-refractivity contribution in [3.8, 4) is 0 Å². The summed E-state index contributed by atoms with van der Waals surface area (Å²) in [6.07, 6.45) is 16.7. The molecule has 1 fully saturated rings. The average molecular weight is 504 g/mol. The molecule has 0 aromatic heterocycles. The first-order chi connectivity index (χ1) is 14.8. The van der Waals surface area contributed by atoms with Crippen molar-refractivity contribution >= 4 is 15.9 Å². The van der Waals surface area contributed by atoms with E-state index in [1.165, 1.54) is 70.6 Å². The molecule has 0 aromatic carbocycles. The number of alkyl halides is 1. The summed E-state index contributed by atoms with van der Waals surface area (Å²) >= 11 is 4.30. The standard InChI is InChI=1S/C28H55BrO2/c1-7-20-30-22-27(23-31-21-8-2,26-12-10-9-11-13-26)18-19-28(29,16-14-24(3)4)17-15-25(5)6/h24-26H,7-23H2,1-6H3. The predicted molar refractivity (Wildman–Crippen MR) is 140 cm³/mol. The molecule has 0 saturated heterocycles. The molecule has 0 aromatic rings. The summed E-state index contributed by atoms with van der Waals surface area (Å²) in [5, 5.41) is 0. The van der Waals surface area contributed by atoms with Crippen molar-refractivity contribution in [1.82, 2.24) is 0 Å². The Kier molecular flexibility index (Phi) is 15.3. The fourth-order valence-corrected chi connectivity index (χ4v) is 5.78. The smallest absolute Gasteiger partial charge is 0.0547 e. The second-order valence-corrected chi connectivity index (χ2v) is 13.0. The fourth-order valence-electron chi connectivity index (χ4n) is 5.12. The zero-order valence-electron chi connectivity index (χ0n) is 21.9. The normalized spacial score (nSPS) is 16.5. The van der Waals surface area contributed by atoms with Crippen LogP contribution in [-0.2, 0) is 9.47 Å². The summed E-state index contributed by atoms with van der Waals surface area (Å²) in [6, 6.07) is 0. The highest BCUT2D eigenvalue weighted by atomic mass is 79.9. The van der Waals surface area contributed by atoms with Crippen molar-refractivity contribution in [3.05, 3.63) is 0 Å². The second-order valence-electron chi connectivity index (χ2n) is 11.3. The van der Waals surface area contributed by atoms with Crippen LogP contribution < -0.4 is 0 Å². The van der Waals surface area contributed by atoms with Gasteiger partial charge in [-0.3, -0.25) is 0 Å². The molecule has 0 unspecified atom stereocenters. The molecule has 0 bridgehead atoms. The van der Waals surface area contributed by atoms with Crippen molar-refractivity contribution in [2.75, 3.05) is 26.4 Å². The summed E-state index contributed by atoms with van der Waals surface area (Å²) in [5.41, 5.74) is 0.180. The van der Waals surface area contributed by atoms with Gasteiger partial charge in [0.25, 0.3) is 0 Å². The van der Waals surface area contributed by atoms with Crippen LogP contribution in [0, 0.1) is 23.2 Å². The molecule has 1 rings (SSSR count). The third-order valence-corrected chi connectivity index (χ3v) is 8.55. The van der Waals surface area contributed by atoms with E-state index in [1.807, 2.05) is 0 Å². The van der Waals surface area contributed by atoms with E-state index in [4.69, 9.17) is 9.47 Å². The van der Waals surface area contributed by atoms with Crippen LogP contribution in [0.4, 0.5) is 0 Å². The van der Waals surface area contributed by atoms with E-state index in [2.05, 4.69) is 57.5 Å². The van der Waals surface area contributed by atoms with E-state index in [0.717, 1.165) is 57.0 Å². The molecule has 1 aliphatic rings. The van der Waals surface area contributed by atoms with Crippen molar-refractivity contribution in [2.45, 2.75) is 129 Å². The van der Waals surface area contributed by atoms with Crippen LogP contribution in [0.1, 0.15) is 125 Å². The molecule has 0 heterocycles. The highest BCUT2D eigenvalue weighted by molar-refractivity contribution is 9.10. The van der Waals surface area contributed by atoms with Crippen LogP contribution >= 0.6 is 15.9 Å². The lowest BCUT2D eigenvalue weighted by Crippen LogP contribution is -2.42. The van der Waals surface area contributed by atoms with Crippen molar-refractivity contribution < 1.29 is 9.47 Å². The maximum Gasteiger partial charge on any atom is 0.0547 e. The first kappa shape index (κ1) is 29.4. The van der Waals surface area contributed by atoms with Gasteiger partial charge in [-0.05, 0) is 82.0 Å². The number of halogens is 1. The molecule has 0 N–H and O–H groups in total. The van der Waals surface area contributed by atoms with E-state index in [0.29, 0.717) is 0 Å². The molecule has 0 amide bonds. The lowest BCUT2D eigenvalue weighted by molar-refractivity contribution is -0.0716. The van der Waals surface area contributed by atoms with E-state index >= 15 is 0 Å². The Balaban J connectivity index is 3.01. The van der Waals surface area contributed by atoms with E-state index in [-0.39, 0.29) is 9.74 Å². The van der Waals surface area contributed by atoms with Gasteiger partial charge in [0.05, 0.1) is 13.2 Å². The summed E-state index contributed by atoms with van der Waals surface area (Å²) in [6.45, 7) is 17.4. The predicted octanol–water partition coefficient (Wildman–Crippen LogP) is 9.19. The van der Waals surface area contributed by atoms with Gasteiger partial charge in [0.2, 0.25) is 0 Å². The quantitative estimate of drug-likeness (QED) is 0.137. The first-order valence-electron chi connectivity index (χ1n) is 13.6. The third-order valence-electron chi connectivity index (χ3n) is 7.36. The molecule has 0 radical (unpaired) electrons. The molecule has 0 aliphatic heterocycles. The summed E-state index contributed by atoms with van der Waals surface area (Å²) in [4.78, 5) is 0.